The number of halogens is 1. The SMILES string of the molecule is Cc1nc(S(=O)(=O)N2CCC(C(=O)OC(C)C(=O)c3ccc(Cl)cc3)CC2)cn1C. The summed E-state index contributed by atoms with van der Waals surface area (Å²) >= 11 is 5.83. The molecule has 0 saturated carbocycles. The van der Waals surface area contributed by atoms with Crippen LogP contribution < -0.4 is 0 Å². The van der Waals surface area contributed by atoms with Gasteiger partial charge in [-0.15, -0.1) is 0 Å². The topological polar surface area (TPSA) is 98.6 Å². The smallest absolute Gasteiger partial charge is 0.309 e. The maximum Gasteiger partial charge on any atom is 0.309 e. The third-order valence-electron chi connectivity index (χ3n) is 5.27. The Labute approximate surface area is 180 Å². The van der Waals surface area contributed by atoms with Gasteiger partial charge in [0.25, 0.3) is 10.0 Å². The van der Waals surface area contributed by atoms with E-state index in [1.807, 2.05) is 0 Å². The fraction of sp³-hybridized carbons (Fsp3) is 0.450. The van der Waals surface area contributed by atoms with Crippen molar-refractivity contribution in [3.8, 4) is 0 Å². The number of piperidine rings is 1. The Bertz CT molecular complexity index is 1020. The minimum atomic E-state index is -3.70. The number of hydrogen-bond acceptors (Lipinski definition) is 6. The highest BCUT2D eigenvalue weighted by molar-refractivity contribution is 7.89. The molecule has 1 atom stereocenters. The first kappa shape index (κ1) is 22.5. The van der Waals surface area contributed by atoms with Gasteiger partial charge in [-0.1, -0.05) is 11.6 Å². The summed E-state index contributed by atoms with van der Waals surface area (Å²) in [6.07, 6.45) is 1.20. The number of aromatic nitrogens is 2. The van der Waals surface area contributed by atoms with Crippen LogP contribution in [0.15, 0.2) is 35.5 Å². The Balaban J connectivity index is 1.57. The van der Waals surface area contributed by atoms with E-state index in [2.05, 4.69) is 4.98 Å². The molecule has 2 heterocycles. The van der Waals surface area contributed by atoms with E-state index in [9.17, 15) is 18.0 Å². The summed E-state index contributed by atoms with van der Waals surface area (Å²) < 4.78 is 33.9. The van der Waals surface area contributed by atoms with Crippen LogP contribution in [0.4, 0.5) is 0 Å². The molecule has 1 aromatic heterocycles. The van der Waals surface area contributed by atoms with Gasteiger partial charge in [-0.3, -0.25) is 9.59 Å². The van der Waals surface area contributed by atoms with Gasteiger partial charge in [0.2, 0.25) is 5.78 Å². The first-order chi connectivity index (χ1) is 14.1. The standard InChI is InChI=1S/C20H24ClN3O5S/c1-13(19(25)15-4-6-17(21)7-5-15)29-20(26)16-8-10-24(11-9-16)30(27,28)18-12-23(3)14(2)22-18/h4-7,12-13,16H,8-11H2,1-3H3. The molecule has 1 aliphatic heterocycles. The number of rotatable bonds is 6. The number of carbonyl (C=O) groups is 2. The number of carbonyl (C=O) groups excluding carboxylic acids is 2. The molecule has 0 N–H and O–H groups in total. The molecule has 0 spiro atoms. The van der Waals surface area contributed by atoms with Crippen LogP contribution in [0.2, 0.25) is 5.02 Å². The van der Waals surface area contributed by atoms with Gasteiger partial charge >= 0.3 is 5.97 Å². The second-order valence-electron chi connectivity index (χ2n) is 7.37. The number of Topliss-reactive ketones (excluding diaryl/α,β-unsaturated/α-hetero) is 1. The second kappa shape index (κ2) is 8.87. The van der Waals surface area contributed by atoms with E-state index in [4.69, 9.17) is 16.3 Å². The molecule has 3 rings (SSSR count). The number of sulfonamides is 1. The molecule has 1 aliphatic rings. The van der Waals surface area contributed by atoms with Gasteiger partial charge in [-0.05, 0) is 51.0 Å². The Kier molecular flexibility index (Phi) is 6.64. The summed E-state index contributed by atoms with van der Waals surface area (Å²) in [7, 11) is -1.97. The molecule has 1 saturated heterocycles. The summed E-state index contributed by atoms with van der Waals surface area (Å²) in [5.74, 6) is -0.658. The van der Waals surface area contributed by atoms with Crippen LogP contribution in [0, 0.1) is 12.8 Å². The summed E-state index contributed by atoms with van der Waals surface area (Å²) in [5.41, 5.74) is 0.409. The molecule has 162 valence electrons. The van der Waals surface area contributed by atoms with Crippen LogP contribution in [0.25, 0.3) is 0 Å². The number of hydrogen-bond donors (Lipinski definition) is 0. The van der Waals surface area contributed by atoms with Crippen molar-refractivity contribution in [2.45, 2.75) is 37.8 Å². The fourth-order valence-corrected chi connectivity index (χ4v) is 4.91. The summed E-state index contributed by atoms with van der Waals surface area (Å²) in [5, 5.41) is 0.518. The van der Waals surface area contributed by atoms with Crippen LogP contribution in [0.1, 0.15) is 35.9 Å². The lowest BCUT2D eigenvalue weighted by Crippen LogP contribution is -2.41. The highest BCUT2D eigenvalue weighted by Gasteiger charge is 2.35. The van der Waals surface area contributed by atoms with Crippen LogP contribution in [-0.4, -0.2) is 53.2 Å². The van der Waals surface area contributed by atoms with Crippen molar-refractivity contribution in [2.75, 3.05) is 13.1 Å². The minimum Gasteiger partial charge on any atom is -0.454 e. The molecule has 0 bridgehead atoms. The number of ether oxygens (including phenoxy) is 1. The third-order valence-corrected chi connectivity index (χ3v) is 7.29. The van der Waals surface area contributed by atoms with Crippen molar-refractivity contribution >= 4 is 33.4 Å². The summed E-state index contributed by atoms with van der Waals surface area (Å²) in [4.78, 5) is 29.0. The van der Waals surface area contributed by atoms with Crippen molar-refractivity contribution in [1.29, 1.82) is 0 Å². The van der Waals surface area contributed by atoms with Gasteiger partial charge in [0.15, 0.2) is 11.1 Å². The predicted octanol–water partition coefficient (Wildman–Crippen LogP) is 2.60. The maximum absolute atomic E-state index is 12.8. The summed E-state index contributed by atoms with van der Waals surface area (Å²) in [6, 6.07) is 6.36. The van der Waals surface area contributed by atoms with Gasteiger partial charge in [-0.2, -0.15) is 4.31 Å². The lowest BCUT2D eigenvalue weighted by atomic mass is 9.98. The quantitative estimate of drug-likeness (QED) is 0.492. The molecule has 1 unspecified atom stereocenters. The van der Waals surface area contributed by atoms with Crippen LogP contribution in [0.5, 0.6) is 0 Å². The highest BCUT2D eigenvalue weighted by Crippen LogP contribution is 2.25. The highest BCUT2D eigenvalue weighted by atomic mass is 35.5. The third kappa shape index (κ3) is 4.74. The number of imidazole rings is 1. The van der Waals surface area contributed by atoms with E-state index in [0.29, 0.717) is 29.3 Å². The Morgan fingerprint density at radius 3 is 2.33 bits per heavy atom. The van der Waals surface area contributed by atoms with E-state index >= 15 is 0 Å². The predicted molar refractivity (Wildman–Crippen MR) is 111 cm³/mol. The average Bonchev–Trinajstić information content (AvgIpc) is 3.07. The van der Waals surface area contributed by atoms with Gasteiger partial charge < -0.3 is 9.30 Å². The number of benzene rings is 1. The number of aryl methyl sites for hydroxylation is 2. The molecule has 0 amide bonds. The molecule has 2 aromatic rings. The number of esters is 1. The molecule has 1 fully saturated rings. The molecular weight excluding hydrogens is 430 g/mol. The van der Waals surface area contributed by atoms with Crippen LogP contribution in [-0.2, 0) is 26.6 Å². The zero-order valence-corrected chi connectivity index (χ0v) is 18.6. The average molecular weight is 454 g/mol. The first-order valence-electron chi connectivity index (χ1n) is 9.60. The van der Waals surface area contributed by atoms with E-state index in [0.717, 1.165) is 0 Å². The van der Waals surface area contributed by atoms with Crippen LogP contribution in [0.3, 0.4) is 0 Å². The molecule has 10 heteroatoms. The van der Waals surface area contributed by atoms with Crippen LogP contribution >= 0.6 is 11.6 Å². The van der Waals surface area contributed by atoms with Crippen molar-refractivity contribution in [3.05, 3.63) is 46.9 Å². The monoisotopic (exact) mass is 453 g/mol. The number of ketones is 1. The fourth-order valence-electron chi connectivity index (χ4n) is 3.29. The summed E-state index contributed by atoms with van der Waals surface area (Å²) in [6.45, 7) is 3.64. The lowest BCUT2D eigenvalue weighted by molar-refractivity contribution is -0.152. The Morgan fingerprint density at radius 1 is 1.20 bits per heavy atom. The van der Waals surface area contributed by atoms with Gasteiger partial charge in [-0.25, -0.2) is 13.4 Å². The van der Waals surface area contributed by atoms with E-state index in [-0.39, 0.29) is 23.9 Å². The molecule has 0 radical (unpaired) electrons. The number of nitrogens with zero attached hydrogens (tertiary/aromatic N) is 3. The van der Waals surface area contributed by atoms with Gasteiger partial charge in [0.05, 0.1) is 5.92 Å². The zero-order chi connectivity index (χ0) is 22.1. The minimum absolute atomic E-state index is 0.00529. The van der Waals surface area contributed by atoms with E-state index in [1.54, 1.807) is 42.8 Å². The van der Waals surface area contributed by atoms with Crippen molar-refractivity contribution < 1.29 is 22.7 Å². The van der Waals surface area contributed by atoms with Crippen molar-refractivity contribution in [1.82, 2.24) is 13.9 Å². The molecule has 30 heavy (non-hydrogen) atoms. The van der Waals surface area contributed by atoms with Crippen molar-refractivity contribution in [3.63, 3.8) is 0 Å². The molecule has 8 nitrogen and oxygen atoms in total. The molecule has 1 aromatic carbocycles. The normalized spacial score (nSPS) is 16.9. The largest absolute Gasteiger partial charge is 0.454 e. The van der Waals surface area contributed by atoms with E-state index in [1.165, 1.54) is 17.4 Å². The first-order valence-corrected chi connectivity index (χ1v) is 11.4. The van der Waals surface area contributed by atoms with E-state index < -0.39 is 28.0 Å². The Morgan fingerprint density at radius 2 is 1.80 bits per heavy atom. The lowest BCUT2D eigenvalue weighted by Gasteiger charge is -2.30. The van der Waals surface area contributed by atoms with Gasteiger partial charge in [0.1, 0.15) is 5.82 Å². The second-order valence-corrected chi connectivity index (χ2v) is 9.69. The maximum atomic E-state index is 12.8. The van der Waals surface area contributed by atoms with Gasteiger partial charge in [0, 0.05) is 36.9 Å². The molecular formula is C20H24ClN3O5S. The zero-order valence-electron chi connectivity index (χ0n) is 17.0. The van der Waals surface area contributed by atoms with Crippen molar-refractivity contribution in [2.24, 2.45) is 13.0 Å². The molecule has 0 aliphatic carbocycles. The Hall–Kier alpha value is -2.23.